The molecule has 32 valence electrons. The molecule has 0 aromatic rings. The van der Waals surface area contributed by atoms with Gasteiger partial charge in [0.25, 0.3) is 0 Å². The van der Waals surface area contributed by atoms with Crippen molar-refractivity contribution >= 4 is 0 Å². The third-order valence-corrected chi connectivity index (χ3v) is 0.258. The SMILES string of the molecule is [2H]C([2H])C([2H])([2H])N(C)C. The molecule has 0 heterocycles. The van der Waals surface area contributed by atoms with Gasteiger partial charge in [0.15, 0.2) is 0 Å². The van der Waals surface area contributed by atoms with E-state index in [1.165, 1.54) is 19.0 Å². The Labute approximate surface area is 39.2 Å². The van der Waals surface area contributed by atoms with Gasteiger partial charge in [-0.2, -0.15) is 0 Å². The molecule has 5 heavy (non-hydrogen) atoms. The molecule has 1 nitrogen and oxygen atoms in total. The second-order valence-corrected chi connectivity index (χ2v) is 1.02. The lowest BCUT2D eigenvalue weighted by atomic mass is 10.7. The van der Waals surface area contributed by atoms with Crippen LogP contribution in [0.25, 0.3) is 0 Å². The Hall–Kier alpha value is -0.0400. The maximum absolute atomic E-state index is 7.05. The van der Waals surface area contributed by atoms with E-state index in [4.69, 9.17) is 5.48 Å². The number of rotatable bonds is 1. The first-order valence-corrected chi connectivity index (χ1v) is 1.41. The fourth-order valence-electron chi connectivity index (χ4n) is 0. The standard InChI is InChI=1S/C4H11N/c1-4-5(2)3/h4H2,1-3H3/i1D2,4D2. The normalized spacial score (nSPS) is 24.8. The van der Waals surface area contributed by atoms with Crippen LogP contribution >= 0.6 is 0 Å². The van der Waals surface area contributed by atoms with Crippen molar-refractivity contribution in [1.29, 1.82) is 0 Å². The summed E-state index contributed by atoms with van der Waals surface area (Å²) in [5, 5.41) is 0. The van der Waals surface area contributed by atoms with E-state index in [0.717, 1.165) is 0 Å². The molecule has 0 saturated carbocycles. The van der Waals surface area contributed by atoms with Gasteiger partial charge in [0.05, 0.1) is 0 Å². The van der Waals surface area contributed by atoms with E-state index < -0.39 is 13.4 Å². The Morgan fingerprint density at radius 1 is 2.00 bits per heavy atom. The molecule has 0 fully saturated rings. The fraction of sp³-hybridized carbons (Fsp3) is 1.00. The molecule has 0 aromatic carbocycles. The quantitative estimate of drug-likeness (QED) is 0.442. The van der Waals surface area contributed by atoms with Crippen LogP contribution in [0.3, 0.4) is 0 Å². The molecule has 0 aliphatic heterocycles. The van der Waals surface area contributed by atoms with Crippen LogP contribution in [-0.2, 0) is 0 Å². The average Bonchev–Trinajstić information content (AvgIpc) is 1.65. The Bertz CT molecular complexity index is 80.6. The van der Waals surface area contributed by atoms with Crippen LogP contribution in [0.4, 0.5) is 0 Å². The zero-order valence-electron chi connectivity index (χ0n) is 7.52. The predicted octanol–water partition coefficient (Wildman–Crippen LogP) is 0.568. The second-order valence-electron chi connectivity index (χ2n) is 1.02. The Kier molecular flexibility index (Phi) is 0.543. The minimum absolute atomic E-state index is 1.22. The lowest BCUT2D eigenvalue weighted by Crippen LogP contribution is -2.08. The van der Waals surface area contributed by atoms with Gasteiger partial charge in [0.1, 0.15) is 0 Å². The van der Waals surface area contributed by atoms with E-state index in [2.05, 4.69) is 0 Å². The van der Waals surface area contributed by atoms with Crippen LogP contribution in [0.2, 0.25) is 0 Å². The summed E-state index contributed by atoms with van der Waals surface area (Å²) in [7, 11) is 3.02. The Morgan fingerprint density at radius 2 is 2.60 bits per heavy atom. The Morgan fingerprint density at radius 3 is 2.60 bits per heavy atom. The van der Waals surface area contributed by atoms with Crippen molar-refractivity contribution < 1.29 is 5.48 Å². The van der Waals surface area contributed by atoms with E-state index in [1.54, 1.807) is 0 Å². The van der Waals surface area contributed by atoms with E-state index in [9.17, 15) is 0 Å². The molecule has 0 amide bonds. The molecule has 0 rings (SSSR count). The smallest absolute Gasteiger partial charge is 0.0427 e. The van der Waals surface area contributed by atoms with Crippen molar-refractivity contribution in [1.82, 2.24) is 4.90 Å². The van der Waals surface area contributed by atoms with Gasteiger partial charge in [0, 0.05) is 5.48 Å². The molecular weight excluding hydrogens is 62.1 g/mol. The van der Waals surface area contributed by atoms with Crippen LogP contribution in [0.1, 0.15) is 12.4 Å². The van der Waals surface area contributed by atoms with Gasteiger partial charge in [-0.05, 0) is 20.6 Å². The topological polar surface area (TPSA) is 3.24 Å². The largest absolute Gasteiger partial charge is 0.310 e. The summed E-state index contributed by atoms with van der Waals surface area (Å²) < 4.78 is 27.6. The predicted molar refractivity (Wildman–Crippen MR) is 24.2 cm³/mol. The molecule has 0 saturated heterocycles. The number of hydrogen-bond acceptors (Lipinski definition) is 1. The van der Waals surface area contributed by atoms with Crippen molar-refractivity contribution in [3.8, 4) is 0 Å². The van der Waals surface area contributed by atoms with Gasteiger partial charge >= 0.3 is 0 Å². The second kappa shape index (κ2) is 2.21. The minimum atomic E-state index is -1.83. The maximum Gasteiger partial charge on any atom is 0.0427 e. The molecule has 0 aliphatic rings. The minimum Gasteiger partial charge on any atom is -0.310 e. The van der Waals surface area contributed by atoms with E-state index in [0.29, 0.717) is 0 Å². The van der Waals surface area contributed by atoms with Crippen molar-refractivity contribution in [2.75, 3.05) is 20.6 Å². The highest BCUT2D eigenvalue weighted by Gasteiger charge is 1.72. The van der Waals surface area contributed by atoms with Gasteiger partial charge in [-0.25, -0.2) is 0 Å². The summed E-state index contributed by atoms with van der Waals surface area (Å²) in [6, 6.07) is 0. The summed E-state index contributed by atoms with van der Waals surface area (Å²) in [6.07, 6.45) is 0. The lowest BCUT2D eigenvalue weighted by Gasteiger charge is -2.00. The molecule has 0 radical (unpaired) electrons. The van der Waals surface area contributed by atoms with Gasteiger partial charge in [-0.15, -0.1) is 0 Å². The molecule has 0 bridgehead atoms. The first-order chi connectivity index (χ1) is 3.89. The summed E-state index contributed by atoms with van der Waals surface area (Å²) in [6.45, 7) is -3.28. The van der Waals surface area contributed by atoms with E-state index in [-0.39, 0.29) is 0 Å². The van der Waals surface area contributed by atoms with Crippen molar-refractivity contribution in [2.45, 2.75) is 6.88 Å². The van der Waals surface area contributed by atoms with E-state index in [1.807, 2.05) is 0 Å². The molecule has 0 aromatic heterocycles. The molecule has 0 aliphatic carbocycles. The van der Waals surface area contributed by atoms with Crippen LogP contribution < -0.4 is 0 Å². The number of hydrogen-bond donors (Lipinski definition) is 0. The maximum atomic E-state index is 7.05. The monoisotopic (exact) mass is 77.1 g/mol. The average molecular weight is 77.2 g/mol. The molecule has 0 spiro atoms. The molecule has 0 unspecified atom stereocenters. The molecule has 0 atom stereocenters. The fourth-order valence-corrected chi connectivity index (χ4v) is 0. The summed E-state index contributed by atoms with van der Waals surface area (Å²) in [5.74, 6) is 0. The summed E-state index contributed by atoms with van der Waals surface area (Å²) >= 11 is 0. The van der Waals surface area contributed by atoms with Crippen molar-refractivity contribution in [3.63, 3.8) is 0 Å². The molecular formula is C4H11N. The third kappa shape index (κ3) is 3.96. The molecule has 1 heteroatoms. The zero-order valence-corrected chi connectivity index (χ0v) is 3.52. The highest BCUT2D eigenvalue weighted by molar-refractivity contribution is 4.25. The first-order valence-electron chi connectivity index (χ1n) is 3.56. The molecule has 0 N–H and O–H groups in total. The third-order valence-electron chi connectivity index (χ3n) is 0.258. The number of nitrogens with zero attached hydrogens (tertiary/aromatic N) is 1. The van der Waals surface area contributed by atoms with Crippen LogP contribution in [0.15, 0.2) is 0 Å². The summed E-state index contributed by atoms with van der Waals surface area (Å²) in [4.78, 5) is 1.22. The summed E-state index contributed by atoms with van der Waals surface area (Å²) in [5.41, 5.74) is 0. The van der Waals surface area contributed by atoms with Crippen LogP contribution in [-0.4, -0.2) is 25.5 Å². The van der Waals surface area contributed by atoms with Gasteiger partial charge in [0.2, 0.25) is 0 Å². The van der Waals surface area contributed by atoms with Crippen LogP contribution in [0.5, 0.6) is 0 Å². The Balaban J connectivity index is 4.01. The highest BCUT2D eigenvalue weighted by atomic mass is 15.0. The first kappa shape index (κ1) is 1.23. The lowest BCUT2D eigenvalue weighted by molar-refractivity contribution is 0.434. The highest BCUT2D eigenvalue weighted by Crippen LogP contribution is 1.63. The van der Waals surface area contributed by atoms with Gasteiger partial charge in [-0.3, -0.25) is 0 Å². The van der Waals surface area contributed by atoms with E-state index >= 15 is 0 Å². The van der Waals surface area contributed by atoms with Gasteiger partial charge in [-0.1, -0.05) is 6.88 Å². The zero-order chi connectivity index (χ0) is 7.65. The van der Waals surface area contributed by atoms with Gasteiger partial charge < -0.3 is 4.90 Å². The van der Waals surface area contributed by atoms with Crippen molar-refractivity contribution in [2.24, 2.45) is 0 Å². The van der Waals surface area contributed by atoms with Crippen LogP contribution in [0, 0.1) is 0 Å². The van der Waals surface area contributed by atoms with Crippen molar-refractivity contribution in [3.05, 3.63) is 0 Å².